The van der Waals surface area contributed by atoms with Gasteiger partial charge in [0.25, 0.3) is 0 Å². The molecule has 1 N–H and O–H groups in total. The minimum atomic E-state index is -1.27. The molecule has 0 bridgehead atoms. The number of benzene rings is 3. The third-order valence-corrected chi connectivity index (χ3v) is 8.80. The van der Waals surface area contributed by atoms with Gasteiger partial charge >= 0.3 is 0 Å². The molecule has 0 saturated carbocycles. The van der Waals surface area contributed by atoms with E-state index in [1.165, 1.54) is 11.3 Å². The SMILES string of the molecule is O=C(c1ccccc1)[C@@H]1[C@H](C(=O)c2cccs2)N2c3ccccc3C=C[C@@H]2[C@]12C(=O)Nc1ccccc12. The van der Waals surface area contributed by atoms with E-state index in [9.17, 15) is 14.4 Å². The number of thiophene rings is 1. The molecule has 0 unspecified atom stereocenters. The van der Waals surface area contributed by atoms with Crippen LogP contribution in [0.25, 0.3) is 6.08 Å². The maximum atomic E-state index is 14.5. The number of carbonyl (C=O) groups is 3. The summed E-state index contributed by atoms with van der Waals surface area (Å²) in [7, 11) is 0. The summed E-state index contributed by atoms with van der Waals surface area (Å²) in [6.45, 7) is 0. The molecule has 0 radical (unpaired) electrons. The zero-order chi connectivity index (χ0) is 25.1. The molecular formula is C31H22N2O3S. The molecule has 5 nitrogen and oxygen atoms in total. The van der Waals surface area contributed by atoms with Crippen molar-refractivity contribution in [3.8, 4) is 0 Å². The highest BCUT2D eigenvalue weighted by molar-refractivity contribution is 7.12. The normalized spacial score (nSPS) is 24.9. The molecule has 4 heterocycles. The molecule has 1 fully saturated rings. The highest BCUT2D eigenvalue weighted by Crippen LogP contribution is 2.58. The van der Waals surface area contributed by atoms with Crippen LogP contribution in [0.5, 0.6) is 0 Å². The van der Waals surface area contributed by atoms with Gasteiger partial charge in [-0.1, -0.05) is 84.9 Å². The monoisotopic (exact) mass is 502 g/mol. The van der Waals surface area contributed by atoms with Gasteiger partial charge in [-0.15, -0.1) is 11.3 Å². The Labute approximate surface area is 218 Å². The molecule has 1 aromatic heterocycles. The van der Waals surface area contributed by atoms with Gasteiger partial charge in [-0.2, -0.15) is 0 Å². The first-order valence-electron chi connectivity index (χ1n) is 12.3. The summed E-state index contributed by atoms with van der Waals surface area (Å²) < 4.78 is 0. The lowest BCUT2D eigenvalue weighted by Gasteiger charge is -2.37. The predicted octanol–water partition coefficient (Wildman–Crippen LogP) is 5.60. The molecular weight excluding hydrogens is 480 g/mol. The van der Waals surface area contributed by atoms with Gasteiger partial charge in [0.2, 0.25) is 5.91 Å². The van der Waals surface area contributed by atoms with Gasteiger partial charge in [-0.25, -0.2) is 0 Å². The number of anilines is 2. The summed E-state index contributed by atoms with van der Waals surface area (Å²) in [6, 6.07) is 26.7. The molecule has 7 rings (SSSR count). The van der Waals surface area contributed by atoms with Crippen LogP contribution in [0.2, 0.25) is 0 Å². The third-order valence-electron chi connectivity index (χ3n) is 7.92. The van der Waals surface area contributed by atoms with Gasteiger partial charge in [-0.05, 0) is 34.7 Å². The van der Waals surface area contributed by atoms with Crippen LogP contribution in [0.3, 0.4) is 0 Å². The lowest BCUT2D eigenvalue weighted by atomic mass is 9.64. The maximum Gasteiger partial charge on any atom is 0.238 e. The highest BCUT2D eigenvalue weighted by atomic mass is 32.1. The molecule has 0 aliphatic carbocycles. The molecule has 1 amide bonds. The number of amides is 1. The maximum absolute atomic E-state index is 14.5. The fourth-order valence-corrected chi connectivity index (χ4v) is 7.16. The Hall–Kier alpha value is -4.29. The van der Waals surface area contributed by atoms with Crippen molar-refractivity contribution in [3.63, 3.8) is 0 Å². The molecule has 1 saturated heterocycles. The van der Waals surface area contributed by atoms with Crippen LogP contribution in [0.15, 0.2) is 102 Å². The first kappa shape index (κ1) is 21.9. The predicted molar refractivity (Wildman–Crippen MR) is 145 cm³/mol. The van der Waals surface area contributed by atoms with Crippen LogP contribution in [-0.4, -0.2) is 29.6 Å². The van der Waals surface area contributed by atoms with E-state index in [2.05, 4.69) is 5.32 Å². The molecule has 3 aliphatic rings. The van der Waals surface area contributed by atoms with Crippen molar-refractivity contribution in [1.82, 2.24) is 0 Å². The summed E-state index contributed by atoms with van der Waals surface area (Å²) in [5.74, 6) is -1.53. The van der Waals surface area contributed by atoms with Gasteiger partial charge in [0, 0.05) is 16.9 Å². The molecule has 4 atom stereocenters. The van der Waals surface area contributed by atoms with Crippen molar-refractivity contribution >= 4 is 46.3 Å². The lowest BCUT2D eigenvalue weighted by Crippen LogP contribution is -2.51. The Morgan fingerprint density at radius 3 is 2.41 bits per heavy atom. The Morgan fingerprint density at radius 1 is 0.838 bits per heavy atom. The molecule has 6 heteroatoms. The molecule has 3 aromatic carbocycles. The van der Waals surface area contributed by atoms with Gasteiger partial charge < -0.3 is 10.2 Å². The van der Waals surface area contributed by atoms with Crippen LogP contribution in [0.4, 0.5) is 11.4 Å². The van der Waals surface area contributed by atoms with Crippen molar-refractivity contribution in [3.05, 3.63) is 124 Å². The zero-order valence-corrected chi connectivity index (χ0v) is 20.5. The number of carbonyl (C=O) groups excluding carboxylic acids is 3. The van der Waals surface area contributed by atoms with Crippen molar-refractivity contribution in [2.45, 2.75) is 17.5 Å². The Bertz CT molecular complexity index is 1590. The summed E-state index contributed by atoms with van der Waals surface area (Å²) in [4.78, 5) is 45.7. The molecule has 3 aliphatic heterocycles. The minimum Gasteiger partial charge on any atom is -0.352 e. The first-order chi connectivity index (χ1) is 18.1. The fourth-order valence-electron chi connectivity index (χ4n) is 6.47. The number of fused-ring (bicyclic) bond motifs is 6. The quantitative estimate of drug-likeness (QED) is 0.369. The van der Waals surface area contributed by atoms with E-state index in [4.69, 9.17) is 0 Å². The number of rotatable bonds is 4. The van der Waals surface area contributed by atoms with Crippen LogP contribution >= 0.6 is 11.3 Å². The lowest BCUT2D eigenvalue weighted by molar-refractivity contribution is -0.121. The van der Waals surface area contributed by atoms with E-state index < -0.39 is 23.4 Å². The summed E-state index contributed by atoms with van der Waals surface area (Å²) in [5, 5.41) is 4.92. The highest BCUT2D eigenvalue weighted by Gasteiger charge is 2.70. The van der Waals surface area contributed by atoms with Crippen molar-refractivity contribution < 1.29 is 14.4 Å². The van der Waals surface area contributed by atoms with Crippen LogP contribution < -0.4 is 10.2 Å². The Morgan fingerprint density at radius 2 is 1.59 bits per heavy atom. The van der Waals surface area contributed by atoms with E-state index in [-0.39, 0.29) is 17.5 Å². The first-order valence-corrected chi connectivity index (χ1v) is 13.1. The second kappa shape index (κ2) is 8.11. The molecule has 1 spiro atoms. The van der Waals surface area contributed by atoms with Crippen molar-refractivity contribution in [2.75, 3.05) is 10.2 Å². The van der Waals surface area contributed by atoms with Gasteiger partial charge in [0.05, 0.1) is 16.8 Å². The molecule has 180 valence electrons. The van der Waals surface area contributed by atoms with Gasteiger partial charge in [0.1, 0.15) is 11.5 Å². The summed E-state index contributed by atoms with van der Waals surface area (Å²) >= 11 is 1.36. The Balaban J connectivity index is 1.55. The van der Waals surface area contributed by atoms with E-state index in [1.54, 1.807) is 18.2 Å². The van der Waals surface area contributed by atoms with E-state index in [0.29, 0.717) is 16.1 Å². The number of ketones is 2. The number of nitrogens with zero attached hydrogens (tertiary/aromatic N) is 1. The average Bonchev–Trinajstić information content (AvgIpc) is 3.65. The van der Waals surface area contributed by atoms with E-state index in [0.717, 1.165) is 16.8 Å². The zero-order valence-electron chi connectivity index (χ0n) is 19.7. The number of Topliss-reactive ketones (excluding diaryl/α,β-unsaturated/α-hetero) is 2. The smallest absolute Gasteiger partial charge is 0.238 e. The summed E-state index contributed by atoms with van der Waals surface area (Å²) in [6.07, 6.45) is 4.01. The van der Waals surface area contributed by atoms with E-state index >= 15 is 0 Å². The number of hydrogen-bond donors (Lipinski definition) is 1. The third kappa shape index (κ3) is 2.93. The van der Waals surface area contributed by atoms with Gasteiger partial charge in [-0.3, -0.25) is 14.4 Å². The van der Waals surface area contributed by atoms with Crippen molar-refractivity contribution in [2.24, 2.45) is 5.92 Å². The van der Waals surface area contributed by atoms with Crippen molar-refractivity contribution in [1.29, 1.82) is 0 Å². The van der Waals surface area contributed by atoms with Crippen LogP contribution in [0.1, 0.15) is 31.2 Å². The van der Waals surface area contributed by atoms with E-state index in [1.807, 2.05) is 95.2 Å². The topological polar surface area (TPSA) is 66.5 Å². The second-order valence-electron chi connectivity index (χ2n) is 9.63. The number of nitrogens with one attached hydrogen (secondary N) is 1. The Kier molecular flexibility index (Phi) is 4.81. The standard InChI is InChI=1S/C31H22N2O3S/c34-28(20-10-2-1-3-11-20)26-27(29(35)24-15-8-18-37-24)33-23-14-7-4-9-19(23)16-17-25(33)31(26)21-12-5-6-13-22(21)32-30(31)36/h1-18,25-27H,(H,32,36)/t25-,26+,27-,31+/m1/s1. The van der Waals surface area contributed by atoms with Crippen LogP contribution in [-0.2, 0) is 10.2 Å². The molecule has 37 heavy (non-hydrogen) atoms. The second-order valence-corrected chi connectivity index (χ2v) is 10.6. The average molecular weight is 503 g/mol. The largest absolute Gasteiger partial charge is 0.352 e. The van der Waals surface area contributed by atoms with Gasteiger partial charge in [0.15, 0.2) is 11.6 Å². The molecule has 4 aromatic rings. The summed E-state index contributed by atoms with van der Waals surface area (Å²) in [5.41, 5.74) is 2.47. The number of hydrogen-bond acceptors (Lipinski definition) is 5. The van der Waals surface area contributed by atoms with Crippen LogP contribution in [0, 0.1) is 5.92 Å². The minimum absolute atomic E-state index is 0.145. The number of para-hydroxylation sites is 2. The fraction of sp³-hybridized carbons (Fsp3) is 0.129.